The van der Waals surface area contributed by atoms with E-state index >= 15 is 0 Å². The summed E-state index contributed by atoms with van der Waals surface area (Å²) in [5, 5.41) is 0. The Labute approximate surface area is 162 Å². The number of rotatable bonds is 2. The Morgan fingerprint density at radius 2 is 1.81 bits per heavy atom. The number of carbonyl (C=O) groups excluding carboxylic acids is 1. The van der Waals surface area contributed by atoms with Gasteiger partial charge in [-0.1, -0.05) is 33.6 Å². The van der Waals surface area contributed by atoms with Crippen molar-refractivity contribution in [3.63, 3.8) is 0 Å². The summed E-state index contributed by atoms with van der Waals surface area (Å²) in [6.07, 6.45) is 19.4. The standard InChI is InChI=1S/C24H39OP/c1-16-14-20-18-10-9-17-8-6-7-12-23(17,2)19(18)11-13-24(20,3)22(16)21(25)15-26(4)5/h4,16-20,22H,6-15H2,1-3,5H3. The molecule has 4 aliphatic carbocycles. The lowest BCUT2D eigenvalue weighted by Gasteiger charge is -2.60. The van der Waals surface area contributed by atoms with Crippen molar-refractivity contribution in [1.82, 2.24) is 0 Å². The van der Waals surface area contributed by atoms with Crippen LogP contribution in [0.15, 0.2) is 0 Å². The first-order valence-corrected chi connectivity index (χ1v) is 13.3. The normalized spacial score (nSPS) is 51.1. The third-order valence-electron chi connectivity index (χ3n) is 9.68. The molecule has 4 aliphatic rings. The maximum absolute atomic E-state index is 13.1. The van der Waals surface area contributed by atoms with Gasteiger partial charge in [0.05, 0.1) is 0 Å². The van der Waals surface area contributed by atoms with Crippen LogP contribution in [0.5, 0.6) is 0 Å². The summed E-state index contributed by atoms with van der Waals surface area (Å²) in [5.41, 5.74) is 0.851. The Morgan fingerprint density at radius 1 is 1.04 bits per heavy atom. The number of hydrogen-bond acceptors (Lipinski definition) is 1. The molecule has 2 heteroatoms. The van der Waals surface area contributed by atoms with Crippen molar-refractivity contribution < 1.29 is 4.79 Å². The van der Waals surface area contributed by atoms with Crippen molar-refractivity contribution in [2.24, 2.45) is 46.3 Å². The number of carbonyl (C=O) groups is 1. The molecule has 0 heterocycles. The fourth-order valence-corrected chi connectivity index (χ4v) is 9.38. The molecular weight excluding hydrogens is 335 g/mol. The molecular formula is C24H39OP. The van der Waals surface area contributed by atoms with Crippen molar-refractivity contribution >= 4 is 13.2 Å². The van der Waals surface area contributed by atoms with Gasteiger partial charge in [0, 0.05) is 12.1 Å². The highest BCUT2D eigenvalue weighted by Gasteiger charge is 2.62. The second-order valence-corrected chi connectivity index (χ2v) is 12.8. The van der Waals surface area contributed by atoms with Crippen molar-refractivity contribution in [3.8, 4) is 6.13 Å². The van der Waals surface area contributed by atoms with Gasteiger partial charge >= 0.3 is 0 Å². The molecule has 1 nitrogen and oxygen atoms in total. The molecule has 0 radical (unpaired) electrons. The first-order chi connectivity index (χ1) is 12.3. The number of Topliss-reactive ketones (excluding diaryl/α,β-unsaturated/α-hetero) is 1. The Kier molecular flexibility index (Phi) is 4.90. The van der Waals surface area contributed by atoms with E-state index in [-0.39, 0.29) is 11.3 Å². The summed E-state index contributed by atoms with van der Waals surface area (Å²) in [6, 6.07) is 0. The highest BCUT2D eigenvalue weighted by atomic mass is 31.1. The maximum Gasteiger partial charge on any atom is 0.144 e. The third-order valence-corrected chi connectivity index (χ3v) is 10.5. The third kappa shape index (κ3) is 2.76. The van der Waals surface area contributed by atoms with Crippen LogP contribution in [0.3, 0.4) is 0 Å². The second kappa shape index (κ2) is 6.67. The van der Waals surface area contributed by atoms with Gasteiger partial charge in [-0.2, -0.15) is 0 Å². The van der Waals surface area contributed by atoms with Crippen molar-refractivity contribution in [3.05, 3.63) is 0 Å². The van der Waals surface area contributed by atoms with Gasteiger partial charge in [0.1, 0.15) is 5.78 Å². The van der Waals surface area contributed by atoms with Crippen molar-refractivity contribution in [2.75, 3.05) is 12.8 Å². The molecule has 0 aromatic heterocycles. The van der Waals surface area contributed by atoms with E-state index in [1.165, 1.54) is 57.8 Å². The monoisotopic (exact) mass is 374 g/mol. The summed E-state index contributed by atoms with van der Waals surface area (Å²) in [6.45, 7) is 9.55. The zero-order chi connectivity index (χ0) is 18.7. The molecule has 4 saturated carbocycles. The molecule has 146 valence electrons. The van der Waals surface area contributed by atoms with Gasteiger partial charge < -0.3 is 0 Å². The van der Waals surface area contributed by atoms with Gasteiger partial charge in [-0.3, -0.25) is 4.79 Å². The highest BCUT2D eigenvalue weighted by molar-refractivity contribution is 7.46. The van der Waals surface area contributed by atoms with Crippen molar-refractivity contribution in [1.29, 1.82) is 0 Å². The number of hydrogen-bond donors (Lipinski definition) is 0. The van der Waals surface area contributed by atoms with Crippen LogP contribution in [0.25, 0.3) is 0 Å². The number of ketones is 1. The van der Waals surface area contributed by atoms with Gasteiger partial charge in [0.15, 0.2) is 0 Å². The Morgan fingerprint density at radius 3 is 2.54 bits per heavy atom. The summed E-state index contributed by atoms with van der Waals surface area (Å²) in [5.74, 6) is 4.91. The SMILES string of the molecule is C#P(C)CC(=O)C1C(C)CC2C3CCC4CCCCC4(C)C3CCC21C. The largest absolute Gasteiger partial charge is 0.299 e. The average Bonchev–Trinajstić information content (AvgIpc) is 2.84. The molecule has 4 fully saturated rings. The van der Waals surface area contributed by atoms with Crippen molar-refractivity contribution in [2.45, 2.75) is 78.6 Å². The minimum atomic E-state index is -0.606. The number of fused-ring (bicyclic) bond motifs is 5. The van der Waals surface area contributed by atoms with E-state index < -0.39 is 7.38 Å². The smallest absolute Gasteiger partial charge is 0.144 e. The van der Waals surface area contributed by atoms with Crippen LogP contribution in [0.4, 0.5) is 0 Å². The van der Waals surface area contributed by atoms with Crippen LogP contribution in [0, 0.1) is 52.5 Å². The van der Waals surface area contributed by atoms with Crippen LogP contribution < -0.4 is 0 Å². The molecule has 0 aromatic carbocycles. The van der Waals surface area contributed by atoms with E-state index in [2.05, 4.69) is 27.4 Å². The minimum Gasteiger partial charge on any atom is -0.299 e. The predicted molar refractivity (Wildman–Crippen MR) is 112 cm³/mol. The van der Waals surface area contributed by atoms with E-state index in [1.807, 2.05) is 0 Å². The Hall–Kier alpha value is -0.250. The first kappa shape index (κ1) is 19.1. The summed E-state index contributed by atoms with van der Waals surface area (Å²) >= 11 is 0. The zero-order valence-corrected chi connectivity index (χ0v) is 18.4. The molecule has 26 heavy (non-hydrogen) atoms. The van der Waals surface area contributed by atoms with E-state index in [0.717, 1.165) is 23.7 Å². The molecule has 0 amide bonds. The lowest BCUT2D eigenvalue weighted by Crippen LogP contribution is -2.53. The lowest BCUT2D eigenvalue weighted by molar-refractivity contribution is -0.134. The van der Waals surface area contributed by atoms with Gasteiger partial charge in [-0.05, 0) is 92.0 Å². The van der Waals surface area contributed by atoms with E-state index in [4.69, 9.17) is 6.13 Å². The molecule has 0 spiro atoms. The van der Waals surface area contributed by atoms with Gasteiger partial charge in [-0.15, -0.1) is 13.5 Å². The van der Waals surface area contributed by atoms with E-state index in [1.54, 1.807) is 0 Å². The van der Waals surface area contributed by atoms with Crippen LogP contribution in [0.2, 0.25) is 0 Å². The van der Waals surface area contributed by atoms with Gasteiger partial charge in [0.2, 0.25) is 0 Å². The highest BCUT2D eigenvalue weighted by Crippen LogP contribution is 2.68. The fraction of sp³-hybridized carbons (Fsp3) is 0.917. The lowest BCUT2D eigenvalue weighted by atomic mass is 9.45. The second-order valence-electron chi connectivity index (χ2n) is 11.0. The Balaban J connectivity index is 1.61. The predicted octanol–water partition coefficient (Wildman–Crippen LogP) is 6.55. The maximum atomic E-state index is 13.1. The molecule has 4 rings (SSSR count). The van der Waals surface area contributed by atoms with Gasteiger partial charge in [-0.25, -0.2) is 0 Å². The molecule has 0 aliphatic heterocycles. The van der Waals surface area contributed by atoms with Gasteiger partial charge in [0.25, 0.3) is 0 Å². The zero-order valence-electron chi connectivity index (χ0n) is 17.5. The minimum absolute atomic E-state index is 0.251. The van der Waals surface area contributed by atoms with Crippen LogP contribution in [-0.2, 0) is 4.79 Å². The quantitative estimate of drug-likeness (QED) is 0.501. The Bertz CT molecular complexity index is 644. The van der Waals surface area contributed by atoms with Crippen LogP contribution >= 0.6 is 7.38 Å². The van der Waals surface area contributed by atoms with Crippen LogP contribution in [0.1, 0.15) is 78.6 Å². The van der Waals surface area contributed by atoms with E-state index in [9.17, 15) is 4.79 Å². The molecule has 0 N–H and O–H groups in total. The molecule has 0 bridgehead atoms. The molecule has 0 saturated heterocycles. The summed E-state index contributed by atoms with van der Waals surface area (Å²) in [7, 11) is -0.606. The average molecular weight is 375 g/mol. The topological polar surface area (TPSA) is 17.1 Å². The fourth-order valence-electron chi connectivity index (χ4n) is 8.69. The van der Waals surface area contributed by atoms with E-state index in [0.29, 0.717) is 23.3 Å². The molecule has 9 atom stereocenters. The first-order valence-electron chi connectivity index (χ1n) is 11.3. The molecule has 9 unspecified atom stereocenters. The van der Waals surface area contributed by atoms with Crippen LogP contribution in [-0.4, -0.2) is 18.6 Å². The summed E-state index contributed by atoms with van der Waals surface area (Å²) < 4.78 is 0. The molecule has 0 aromatic rings. The summed E-state index contributed by atoms with van der Waals surface area (Å²) in [4.78, 5) is 13.1.